The molecule has 0 unspecified atom stereocenters. The predicted molar refractivity (Wildman–Crippen MR) is 127 cm³/mol. The van der Waals surface area contributed by atoms with E-state index in [-0.39, 0.29) is 22.9 Å². The highest BCUT2D eigenvalue weighted by molar-refractivity contribution is 7.92. The molecule has 0 spiro atoms. The summed E-state index contributed by atoms with van der Waals surface area (Å²) in [7, 11) is -4.14. The molecule has 0 saturated carbocycles. The first-order valence-corrected chi connectivity index (χ1v) is 11.8. The van der Waals surface area contributed by atoms with Gasteiger partial charge in [-0.05, 0) is 53.9 Å². The van der Waals surface area contributed by atoms with Crippen molar-refractivity contribution in [1.82, 2.24) is 0 Å². The third-order valence-corrected chi connectivity index (χ3v) is 6.41. The van der Waals surface area contributed by atoms with Crippen molar-refractivity contribution in [1.29, 1.82) is 0 Å². The average molecular weight is 500 g/mol. The number of alkyl halides is 3. The zero-order valence-corrected chi connectivity index (χ0v) is 18.9. The molecule has 0 aliphatic heterocycles. The predicted octanol–water partition coefficient (Wildman–Crippen LogP) is 5.68. The normalized spacial score (nSPS) is 11.7. The molecule has 4 aromatic rings. The number of ether oxygens (including phenoxy) is 1. The second-order valence-electron chi connectivity index (χ2n) is 7.52. The van der Waals surface area contributed by atoms with Gasteiger partial charge in [-0.1, -0.05) is 42.5 Å². The van der Waals surface area contributed by atoms with Gasteiger partial charge in [-0.15, -0.1) is 0 Å². The van der Waals surface area contributed by atoms with Crippen molar-refractivity contribution in [3.8, 4) is 5.75 Å². The van der Waals surface area contributed by atoms with Crippen LogP contribution in [0.25, 0.3) is 10.8 Å². The average Bonchev–Trinajstić information content (AvgIpc) is 2.83. The Morgan fingerprint density at radius 1 is 0.857 bits per heavy atom. The number of benzene rings is 4. The van der Waals surface area contributed by atoms with Gasteiger partial charge in [0.1, 0.15) is 5.75 Å². The minimum Gasteiger partial charge on any atom is -0.484 e. The zero-order valence-electron chi connectivity index (χ0n) is 18.0. The number of nitrogens with one attached hydrogen (secondary N) is 2. The lowest BCUT2D eigenvalue weighted by Crippen LogP contribution is -2.20. The SMILES string of the molecule is O=C(COc1ccc(S(=O)(=O)Nc2cccc(C(F)(F)F)c2)cc1)Nc1cccc2ccccc12. The number of hydrogen-bond acceptors (Lipinski definition) is 4. The molecule has 0 bridgehead atoms. The van der Waals surface area contributed by atoms with Gasteiger partial charge in [-0.25, -0.2) is 8.42 Å². The van der Waals surface area contributed by atoms with Crippen molar-refractivity contribution < 1.29 is 31.1 Å². The number of rotatable bonds is 7. The topological polar surface area (TPSA) is 84.5 Å². The molecule has 10 heteroatoms. The van der Waals surface area contributed by atoms with Crippen LogP contribution in [0.15, 0.2) is 95.9 Å². The number of fused-ring (bicyclic) bond motifs is 1. The summed E-state index contributed by atoms with van der Waals surface area (Å²) in [5.74, 6) is -0.152. The number of anilines is 2. The van der Waals surface area contributed by atoms with Crippen molar-refractivity contribution >= 4 is 38.1 Å². The zero-order chi connectivity index (χ0) is 25.1. The van der Waals surface area contributed by atoms with E-state index in [0.717, 1.165) is 22.9 Å². The summed E-state index contributed by atoms with van der Waals surface area (Å²) in [6, 6.07) is 22.2. The molecule has 0 aromatic heterocycles. The quantitative estimate of drug-likeness (QED) is 0.342. The Hall–Kier alpha value is -4.05. The number of carbonyl (C=O) groups excluding carboxylic acids is 1. The molecule has 0 atom stereocenters. The molecule has 4 rings (SSSR count). The van der Waals surface area contributed by atoms with E-state index in [1.807, 2.05) is 36.4 Å². The fraction of sp³-hybridized carbons (Fsp3) is 0.0800. The number of hydrogen-bond donors (Lipinski definition) is 2. The maximum absolute atomic E-state index is 12.9. The summed E-state index contributed by atoms with van der Waals surface area (Å²) in [5.41, 5.74) is -0.549. The van der Waals surface area contributed by atoms with E-state index in [1.165, 1.54) is 30.3 Å². The van der Waals surface area contributed by atoms with Crippen molar-refractivity contribution in [3.63, 3.8) is 0 Å². The second-order valence-corrected chi connectivity index (χ2v) is 9.20. The fourth-order valence-corrected chi connectivity index (χ4v) is 4.41. The molecule has 0 heterocycles. The van der Waals surface area contributed by atoms with Crippen molar-refractivity contribution in [3.05, 3.63) is 96.6 Å². The Morgan fingerprint density at radius 3 is 2.29 bits per heavy atom. The third kappa shape index (κ3) is 5.90. The minimum atomic E-state index is -4.60. The summed E-state index contributed by atoms with van der Waals surface area (Å²) in [5, 5.41) is 4.64. The van der Waals surface area contributed by atoms with E-state index in [9.17, 15) is 26.4 Å². The molecule has 0 fully saturated rings. The summed E-state index contributed by atoms with van der Waals surface area (Å²) >= 11 is 0. The van der Waals surface area contributed by atoms with E-state index >= 15 is 0 Å². The van der Waals surface area contributed by atoms with Crippen LogP contribution in [0.5, 0.6) is 5.75 Å². The molecule has 0 aliphatic rings. The summed E-state index contributed by atoms with van der Waals surface area (Å²) < 4.78 is 71.3. The monoisotopic (exact) mass is 500 g/mol. The Bertz CT molecular complexity index is 1470. The van der Waals surface area contributed by atoms with Gasteiger partial charge in [0.25, 0.3) is 15.9 Å². The highest BCUT2D eigenvalue weighted by Gasteiger charge is 2.30. The Morgan fingerprint density at radius 2 is 1.54 bits per heavy atom. The highest BCUT2D eigenvalue weighted by Crippen LogP contribution is 2.31. The summed E-state index contributed by atoms with van der Waals surface area (Å²) in [4.78, 5) is 12.2. The molecule has 0 radical (unpaired) electrons. The van der Waals surface area contributed by atoms with Gasteiger partial charge in [0.05, 0.1) is 10.5 Å². The Kier molecular flexibility index (Phi) is 6.65. The molecule has 6 nitrogen and oxygen atoms in total. The third-order valence-electron chi connectivity index (χ3n) is 5.01. The van der Waals surface area contributed by atoms with Gasteiger partial charge in [0.15, 0.2) is 6.61 Å². The van der Waals surface area contributed by atoms with E-state index in [2.05, 4.69) is 10.0 Å². The van der Waals surface area contributed by atoms with Crippen LogP contribution < -0.4 is 14.8 Å². The van der Waals surface area contributed by atoms with Crippen LogP contribution >= 0.6 is 0 Å². The molecular formula is C25H19F3N2O4S. The van der Waals surface area contributed by atoms with Crippen molar-refractivity contribution in [2.75, 3.05) is 16.6 Å². The minimum absolute atomic E-state index is 0.178. The van der Waals surface area contributed by atoms with Crippen molar-refractivity contribution in [2.24, 2.45) is 0 Å². The number of carbonyl (C=O) groups is 1. The molecular weight excluding hydrogens is 481 g/mol. The van der Waals surface area contributed by atoms with E-state index in [4.69, 9.17) is 4.74 Å². The molecule has 0 aliphatic carbocycles. The Labute approximate surface area is 199 Å². The number of amides is 1. The fourth-order valence-electron chi connectivity index (χ4n) is 3.36. The highest BCUT2D eigenvalue weighted by atomic mass is 32.2. The molecule has 4 aromatic carbocycles. The first-order valence-electron chi connectivity index (χ1n) is 10.3. The van der Waals surface area contributed by atoms with Crippen LogP contribution in [0.3, 0.4) is 0 Å². The van der Waals surface area contributed by atoms with Gasteiger partial charge in [-0.3, -0.25) is 9.52 Å². The molecule has 1 amide bonds. The summed E-state index contributed by atoms with van der Waals surface area (Å²) in [6.07, 6.45) is -4.60. The van der Waals surface area contributed by atoms with Crippen LogP contribution in [0, 0.1) is 0 Å². The van der Waals surface area contributed by atoms with Gasteiger partial charge in [-0.2, -0.15) is 13.2 Å². The lowest BCUT2D eigenvalue weighted by atomic mass is 10.1. The van der Waals surface area contributed by atoms with E-state index < -0.39 is 27.7 Å². The van der Waals surface area contributed by atoms with Crippen molar-refractivity contribution in [2.45, 2.75) is 11.1 Å². The molecule has 2 N–H and O–H groups in total. The first-order chi connectivity index (χ1) is 16.6. The molecule has 180 valence electrons. The van der Waals surface area contributed by atoms with E-state index in [1.54, 1.807) is 6.07 Å². The van der Waals surface area contributed by atoms with Gasteiger partial charge >= 0.3 is 6.18 Å². The van der Waals surface area contributed by atoms with E-state index in [0.29, 0.717) is 11.8 Å². The van der Waals surface area contributed by atoms with Gasteiger partial charge in [0, 0.05) is 16.8 Å². The standard InChI is InChI=1S/C25H19F3N2O4S/c26-25(27,28)18-7-4-8-19(15-18)30-35(32,33)21-13-11-20(12-14-21)34-16-24(31)29-23-10-3-6-17-5-1-2-9-22(17)23/h1-15,30H,16H2,(H,29,31). The van der Waals surface area contributed by atoms with Gasteiger partial charge in [0.2, 0.25) is 0 Å². The number of sulfonamides is 1. The Balaban J connectivity index is 1.38. The van der Waals surface area contributed by atoms with Crippen LogP contribution in [-0.4, -0.2) is 20.9 Å². The van der Waals surface area contributed by atoms with Crippen LogP contribution in [-0.2, 0) is 21.0 Å². The second kappa shape index (κ2) is 9.67. The van der Waals surface area contributed by atoms with Crippen LogP contribution in [0.2, 0.25) is 0 Å². The first kappa shape index (κ1) is 24.1. The maximum atomic E-state index is 12.9. The number of halogens is 3. The molecule has 0 saturated heterocycles. The smallest absolute Gasteiger partial charge is 0.416 e. The largest absolute Gasteiger partial charge is 0.484 e. The van der Waals surface area contributed by atoms with Crippen LogP contribution in [0.4, 0.5) is 24.5 Å². The van der Waals surface area contributed by atoms with Gasteiger partial charge < -0.3 is 10.1 Å². The lowest BCUT2D eigenvalue weighted by molar-refractivity contribution is -0.137. The lowest BCUT2D eigenvalue weighted by Gasteiger charge is -2.12. The molecule has 35 heavy (non-hydrogen) atoms. The van der Waals surface area contributed by atoms with Crippen LogP contribution in [0.1, 0.15) is 5.56 Å². The maximum Gasteiger partial charge on any atom is 0.416 e. The summed E-state index contributed by atoms with van der Waals surface area (Å²) in [6.45, 7) is -0.308.